The molecule has 0 aliphatic rings. The Bertz CT molecular complexity index is 514. The number of urea groups is 1. The monoisotopic (exact) mass is 319 g/mol. The molecule has 0 aliphatic carbocycles. The highest BCUT2D eigenvalue weighted by atomic mass is 16.5. The zero-order chi connectivity index (χ0) is 17.1. The lowest BCUT2D eigenvalue weighted by Gasteiger charge is -2.16. The first-order chi connectivity index (χ1) is 11.0. The van der Waals surface area contributed by atoms with Crippen molar-refractivity contribution in [1.29, 1.82) is 0 Å². The van der Waals surface area contributed by atoms with Crippen molar-refractivity contribution in [3.8, 4) is 5.75 Å². The molecule has 0 heterocycles. The molecule has 0 aliphatic heterocycles. The molecule has 6 heteroatoms. The number of likely N-dealkylation sites (N-methyl/N-ethyl adjacent to an activating group) is 1. The number of hydrogen-bond acceptors (Lipinski definition) is 4. The molecule has 0 radical (unpaired) electrons. The summed E-state index contributed by atoms with van der Waals surface area (Å²) in [6.07, 6.45) is 2.52. The topological polar surface area (TPSA) is 70.7 Å². The van der Waals surface area contributed by atoms with Crippen molar-refractivity contribution >= 4 is 11.9 Å². The number of nitrogens with one attached hydrogen (secondary N) is 2. The molecule has 6 nitrogen and oxygen atoms in total. The molecule has 0 bridgehead atoms. The van der Waals surface area contributed by atoms with Gasteiger partial charge in [0.25, 0.3) is 0 Å². The van der Waals surface area contributed by atoms with Crippen LogP contribution in [-0.4, -0.2) is 43.6 Å². The number of amides is 3. The number of carbonyl (C=O) groups is 2. The lowest BCUT2D eigenvalue weighted by atomic mass is 10.2. The Labute approximate surface area is 137 Å². The summed E-state index contributed by atoms with van der Waals surface area (Å²) >= 11 is 0. The molecule has 1 rings (SSSR count). The Hall–Kier alpha value is -2.34. The predicted molar refractivity (Wildman–Crippen MR) is 90.3 cm³/mol. The lowest BCUT2D eigenvalue weighted by molar-refractivity contribution is -0.120. The predicted octanol–water partition coefficient (Wildman–Crippen LogP) is 1.92. The van der Waals surface area contributed by atoms with E-state index in [-0.39, 0.29) is 12.5 Å². The average molecular weight is 319 g/mol. The molecule has 1 aromatic carbocycles. The first-order valence-corrected chi connectivity index (χ1v) is 7.64. The SMILES string of the molecule is C=CCOc1ccc(CN(C)CC(=O)NC(=O)NCCC)cc1. The van der Waals surface area contributed by atoms with Crippen LogP contribution in [0.3, 0.4) is 0 Å². The minimum Gasteiger partial charge on any atom is -0.490 e. The fourth-order valence-electron chi connectivity index (χ4n) is 1.91. The van der Waals surface area contributed by atoms with E-state index in [0.29, 0.717) is 19.7 Å². The van der Waals surface area contributed by atoms with Gasteiger partial charge in [-0.2, -0.15) is 0 Å². The highest BCUT2D eigenvalue weighted by Gasteiger charge is 2.10. The maximum atomic E-state index is 11.7. The van der Waals surface area contributed by atoms with Gasteiger partial charge in [0.15, 0.2) is 0 Å². The van der Waals surface area contributed by atoms with E-state index in [1.807, 2.05) is 43.1 Å². The van der Waals surface area contributed by atoms with Gasteiger partial charge in [-0.1, -0.05) is 31.7 Å². The molecule has 0 saturated heterocycles. The van der Waals surface area contributed by atoms with E-state index in [1.165, 1.54) is 0 Å². The first-order valence-electron chi connectivity index (χ1n) is 7.64. The van der Waals surface area contributed by atoms with Gasteiger partial charge in [0.2, 0.25) is 5.91 Å². The largest absolute Gasteiger partial charge is 0.490 e. The molecule has 2 N–H and O–H groups in total. The van der Waals surface area contributed by atoms with Gasteiger partial charge < -0.3 is 10.1 Å². The molecule has 3 amide bonds. The molecule has 126 valence electrons. The number of rotatable bonds is 9. The third kappa shape index (κ3) is 8.01. The third-order valence-electron chi connectivity index (χ3n) is 2.95. The normalized spacial score (nSPS) is 10.2. The highest BCUT2D eigenvalue weighted by Crippen LogP contribution is 2.13. The third-order valence-corrected chi connectivity index (χ3v) is 2.95. The van der Waals surface area contributed by atoms with Gasteiger partial charge in [-0.25, -0.2) is 4.79 Å². The van der Waals surface area contributed by atoms with Crippen molar-refractivity contribution in [2.24, 2.45) is 0 Å². The van der Waals surface area contributed by atoms with E-state index in [2.05, 4.69) is 17.2 Å². The van der Waals surface area contributed by atoms with Gasteiger partial charge in [-0.15, -0.1) is 0 Å². The van der Waals surface area contributed by atoms with Crippen molar-refractivity contribution in [1.82, 2.24) is 15.5 Å². The van der Waals surface area contributed by atoms with Crippen LogP contribution in [0.5, 0.6) is 5.75 Å². The Balaban J connectivity index is 2.37. The second-order valence-corrected chi connectivity index (χ2v) is 5.22. The van der Waals surface area contributed by atoms with Crippen LogP contribution in [0.15, 0.2) is 36.9 Å². The summed E-state index contributed by atoms with van der Waals surface area (Å²) in [5, 5.41) is 4.90. The van der Waals surface area contributed by atoms with Crippen LogP contribution in [0.4, 0.5) is 4.79 Å². The highest BCUT2D eigenvalue weighted by molar-refractivity contribution is 5.95. The van der Waals surface area contributed by atoms with Crippen molar-refractivity contribution in [2.45, 2.75) is 19.9 Å². The van der Waals surface area contributed by atoms with Gasteiger partial charge in [0.05, 0.1) is 6.54 Å². The number of benzene rings is 1. The van der Waals surface area contributed by atoms with E-state index >= 15 is 0 Å². The number of ether oxygens (including phenoxy) is 1. The van der Waals surface area contributed by atoms with Crippen molar-refractivity contribution in [3.63, 3.8) is 0 Å². The number of carbonyl (C=O) groups excluding carboxylic acids is 2. The second kappa shape index (κ2) is 10.4. The maximum Gasteiger partial charge on any atom is 0.321 e. The van der Waals surface area contributed by atoms with Gasteiger partial charge in [0.1, 0.15) is 12.4 Å². The van der Waals surface area contributed by atoms with Crippen molar-refractivity contribution < 1.29 is 14.3 Å². The molecule has 0 saturated carbocycles. The summed E-state index contributed by atoms with van der Waals surface area (Å²) in [6, 6.07) is 7.20. The molecule has 23 heavy (non-hydrogen) atoms. The smallest absolute Gasteiger partial charge is 0.321 e. The van der Waals surface area contributed by atoms with E-state index in [1.54, 1.807) is 6.08 Å². The number of nitrogens with zero attached hydrogens (tertiary/aromatic N) is 1. The molecular weight excluding hydrogens is 294 g/mol. The van der Waals surface area contributed by atoms with Crippen molar-refractivity contribution in [3.05, 3.63) is 42.5 Å². The van der Waals surface area contributed by atoms with Crippen LogP contribution >= 0.6 is 0 Å². The Kier molecular flexibility index (Phi) is 8.46. The Morgan fingerprint density at radius 3 is 2.61 bits per heavy atom. The fraction of sp³-hybridized carbons (Fsp3) is 0.412. The first kappa shape index (κ1) is 18.7. The van der Waals surface area contributed by atoms with Crippen LogP contribution in [-0.2, 0) is 11.3 Å². The summed E-state index contributed by atoms with van der Waals surface area (Å²) in [6.45, 7) is 7.32. The average Bonchev–Trinajstić information content (AvgIpc) is 2.52. The number of hydrogen-bond donors (Lipinski definition) is 2. The van der Waals surface area contributed by atoms with Gasteiger partial charge in [-0.3, -0.25) is 15.0 Å². The molecule has 1 aromatic rings. The lowest BCUT2D eigenvalue weighted by Crippen LogP contribution is -2.43. The van der Waals surface area contributed by atoms with Crippen LogP contribution in [0.1, 0.15) is 18.9 Å². The van der Waals surface area contributed by atoms with Gasteiger partial charge >= 0.3 is 6.03 Å². The Morgan fingerprint density at radius 2 is 2.00 bits per heavy atom. The maximum absolute atomic E-state index is 11.7. The van der Waals surface area contributed by atoms with Gasteiger partial charge in [-0.05, 0) is 31.2 Å². The van der Waals surface area contributed by atoms with E-state index < -0.39 is 6.03 Å². The summed E-state index contributed by atoms with van der Waals surface area (Å²) in [5.41, 5.74) is 1.06. The van der Waals surface area contributed by atoms with Crippen LogP contribution in [0.2, 0.25) is 0 Å². The van der Waals surface area contributed by atoms with E-state index in [4.69, 9.17) is 4.74 Å². The molecule has 0 unspecified atom stereocenters. The van der Waals surface area contributed by atoms with Crippen LogP contribution < -0.4 is 15.4 Å². The van der Waals surface area contributed by atoms with E-state index in [0.717, 1.165) is 17.7 Å². The van der Waals surface area contributed by atoms with E-state index in [9.17, 15) is 9.59 Å². The molecule has 0 atom stereocenters. The minimum atomic E-state index is -0.450. The molecule has 0 fully saturated rings. The molecule has 0 spiro atoms. The summed E-state index contributed by atoms with van der Waals surface area (Å²) in [7, 11) is 1.83. The van der Waals surface area contributed by atoms with Crippen LogP contribution in [0, 0.1) is 0 Å². The second-order valence-electron chi connectivity index (χ2n) is 5.22. The van der Waals surface area contributed by atoms with Crippen molar-refractivity contribution in [2.75, 3.05) is 26.7 Å². The standard InChI is InChI=1S/C17H25N3O3/c1-4-10-18-17(22)19-16(21)13-20(3)12-14-6-8-15(9-7-14)23-11-5-2/h5-9H,2,4,10-13H2,1,3H3,(H2,18,19,21,22). The zero-order valence-electron chi connectivity index (χ0n) is 13.8. The minimum absolute atomic E-state index is 0.147. The fourth-order valence-corrected chi connectivity index (χ4v) is 1.91. The number of imide groups is 1. The summed E-state index contributed by atoms with van der Waals surface area (Å²) in [5.74, 6) is 0.452. The van der Waals surface area contributed by atoms with Gasteiger partial charge in [0, 0.05) is 13.1 Å². The molecule has 0 aromatic heterocycles. The quantitative estimate of drug-likeness (QED) is 0.682. The summed E-state index contributed by atoms with van der Waals surface area (Å²) < 4.78 is 5.42. The summed E-state index contributed by atoms with van der Waals surface area (Å²) in [4.78, 5) is 25.0. The Morgan fingerprint density at radius 1 is 1.30 bits per heavy atom. The zero-order valence-corrected chi connectivity index (χ0v) is 13.8. The molecular formula is C17H25N3O3. The van der Waals surface area contributed by atoms with Crippen LogP contribution in [0.25, 0.3) is 0 Å².